The van der Waals surface area contributed by atoms with Gasteiger partial charge in [-0.05, 0) is 18.9 Å². The molecule has 3 rings (SSSR count). The number of aromatic nitrogens is 2. The fourth-order valence-corrected chi connectivity index (χ4v) is 2.85. The number of nitrogens with zero attached hydrogens (tertiary/aromatic N) is 3. The molecule has 19 heavy (non-hydrogen) atoms. The summed E-state index contributed by atoms with van der Waals surface area (Å²) < 4.78 is 1.99. The lowest BCUT2D eigenvalue weighted by Gasteiger charge is -2.26. The number of carbonyl (C=O) groups excluding carboxylic acids is 1. The van der Waals surface area contributed by atoms with Crippen LogP contribution in [0, 0.1) is 0 Å². The van der Waals surface area contributed by atoms with Gasteiger partial charge in [0.1, 0.15) is 5.69 Å². The van der Waals surface area contributed by atoms with Crippen LogP contribution in [0.15, 0.2) is 12.3 Å². The van der Waals surface area contributed by atoms with Crippen molar-refractivity contribution >= 4 is 18.3 Å². The minimum absolute atomic E-state index is 0. The number of hydrogen-bond acceptors (Lipinski definition) is 3. The third kappa shape index (κ3) is 3.09. The summed E-state index contributed by atoms with van der Waals surface area (Å²) in [6.45, 7) is 3.34. The predicted molar refractivity (Wildman–Crippen MR) is 75.8 cm³/mol. The Bertz CT molecular complexity index is 422. The average molecular weight is 285 g/mol. The van der Waals surface area contributed by atoms with Crippen molar-refractivity contribution in [3.05, 3.63) is 18.0 Å². The van der Waals surface area contributed by atoms with Gasteiger partial charge in [-0.2, -0.15) is 5.10 Å². The van der Waals surface area contributed by atoms with Crippen LogP contribution in [0.2, 0.25) is 0 Å². The monoisotopic (exact) mass is 284 g/mol. The summed E-state index contributed by atoms with van der Waals surface area (Å²) in [4.78, 5) is 14.1. The van der Waals surface area contributed by atoms with Crippen LogP contribution in [0.5, 0.6) is 0 Å². The van der Waals surface area contributed by atoms with Crippen molar-refractivity contribution in [1.82, 2.24) is 20.0 Å². The molecule has 0 unspecified atom stereocenters. The van der Waals surface area contributed by atoms with E-state index in [4.69, 9.17) is 0 Å². The Morgan fingerprint density at radius 2 is 1.95 bits per heavy atom. The highest BCUT2D eigenvalue weighted by atomic mass is 35.5. The van der Waals surface area contributed by atoms with Gasteiger partial charge in [0.05, 0.1) is 6.04 Å². The minimum atomic E-state index is 0. The summed E-state index contributed by atoms with van der Waals surface area (Å²) in [5.41, 5.74) is 0.601. The number of amides is 1. The summed E-state index contributed by atoms with van der Waals surface area (Å²) in [6, 6.07) is 2.37. The molecule has 1 saturated heterocycles. The van der Waals surface area contributed by atoms with E-state index in [2.05, 4.69) is 10.4 Å². The van der Waals surface area contributed by atoms with E-state index in [1.54, 1.807) is 0 Å². The molecule has 106 valence electrons. The highest BCUT2D eigenvalue weighted by Gasteiger charge is 2.22. The van der Waals surface area contributed by atoms with Crippen LogP contribution < -0.4 is 5.32 Å². The number of nitrogens with one attached hydrogen (secondary N) is 1. The van der Waals surface area contributed by atoms with Crippen molar-refractivity contribution < 1.29 is 4.79 Å². The molecule has 1 aromatic heterocycles. The number of carbonyl (C=O) groups is 1. The maximum atomic E-state index is 12.3. The Kier molecular flexibility index (Phi) is 4.82. The van der Waals surface area contributed by atoms with Gasteiger partial charge in [-0.3, -0.25) is 9.48 Å². The highest BCUT2D eigenvalue weighted by molar-refractivity contribution is 5.92. The van der Waals surface area contributed by atoms with Crippen molar-refractivity contribution in [3.8, 4) is 0 Å². The number of halogens is 1. The van der Waals surface area contributed by atoms with Crippen LogP contribution in [0.3, 0.4) is 0 Å². The Morgan fingerprint density at radius 1 is 1.26 bits per heavy atom. The molecule has 5 nitrogen and oxygen atoms in total. The summed E-state index contributed by atoms with van der Waals surface area (Å²) in [5.74, 6) is 0.0771. The highest BCUT2D eigenvalue weighted by Crippen LogP contribution is 2.28. The fourth-order valence-electron chi connectivity index (χ4n) is 2.85. The van der Waals surface area contributed by atoms with Crippen molar-refractivity contribution in [2.24, 2.45) is 0 Å². The van der Waals surface area contributed by atoms with E-state index in [-0.39, 0.29) is 18.3 Å². The normalized spacial score (nSPS) is 20.3. The van der Waals surface area contributed by atoms with Gasteiger partial charge >= 0.3 is 0 Å². The van der Waals surface area contributed by atoms with Gasteiger partial charge < -0.3 is 10.2 Å². The van der Waals surface area contributed by atoms with Crippen LogP contribution in [0.1, 0.15) is 42.2 Å². The summed E-state index contributed by atoms with van der Waals surface area (Å²) >= 11 is 0. The molecule has 0 spiro atoms. The Hall–Kier alpha value is -1.07. The quantitative estimate of drug-likeness (QED) is 0.895. The van der Waals surface area contributed by atoms with Crippen molar-refractivity contribution in [2.45, 2.75) is 31.7 Å². The molecule has 2 fully saturated rings. The van der Waals surface area contributed by atoms with Crippen LogP contribution in [-0.2, 0) is 0 Å². The van der Waals surface area contributed by atoms with Crippen LogP contribution >= 0.6 is 12.4 Å². The van der Waals surface area contributed by atoms with E-state index in [0.29, 0.717) is 11.7 Å². The maximum Gasteiger partial charge on any atom is 0.274 e. The van der Waals surface area contributed by atoms with Gasteiger partial charge in [-0.1, -0.05) is 12.8 Å². The standard InChI is InChI=1S/C13H20N4O.ClH/c18-13(16-9-6-14-7-10-16)12-5-8-17(15-12)11-3-1-2-4-11;/h5,8,11,14H,1-4,6-7,9-10H2;1H. The molecule has 0 radical (unpaired) electrons. The lowest BCUT2D eigenvalue weighted by Crippen LogP contribution is -2.46. The summed E-state index contributed by atoms with van der Waals surface area (Å²) in [7, 11) is 0. The summed E-state index contributed by atoms with van der Waals surface area (Å²) in [6.07, 6.45) is 6.93. The molecule has 1 N–H and O–H groups in total. The second-order valence-electron chi connectivity index (χ2n) is 5.16. The molecular formula is C13H21ClN4O. The van der Waals surface area contributed by atoms with Crippen molar-refractivity contribution in [2.75, 3.05) is 26.2 Å². The lowest BCUT2D eigenvalue weighted by atomic mass is 10.3. The first kappa shape index (κ1) is 14.3. The molecule has 0 atom stereocenters. The molecule has 1 amide bonds. The number of rotatable bonds is 2. The second kappa shape index (κ2) is 6.39. The van der Waals surface area contributed by atoms with Crippen molar-refractivity contribution in [3.63, 3.8) is 0 Å². The zero-order chi connectivity index (χ0) is 12.4. The van der Waals surface area contributed by atoms with Crippen LogP contribution in [-0.4, -0.2) is 46.8 Å². The molecule has 2 aliphatic rings. The Balaban J connectivity index is 0.00000133. The zero-order valence-electron chi connectivity index (χ0n) is 11.0. The number of piperazine rings is 1. The van der Waals surface area contributed by atoms with E-state index in [1.807, 2.05) is 21.8 Å². The SMILES string of the molecule is Cl.O=C(c1ccn(C2CCCC2)n1)N1CCNCC1. The lowest BCUT2D eigenvalue weighted by molar-refractivity contribution is 0.0728. The van der Waals surface area contributed by atoms with Gasteiger partial charge in [0, 0.05) is 32.4 Å². The second-order valence-corrected chi connectivity index (χ2v) is 5.16. The third-order valence-corrected chi connectivity index (χ3v) is 3.93. The summed E-state index contributed by atoms with van der Waals surface area (Å²) in [5, 5.41) is 7.72. The molecule has 1 aliphatic heterocycles. The third-order valence-electron chi connectivity index (χ3n) is 3.93. The average Bonchev–Trinajstić information content (AvgIpc) is 3.09. The van der Waals surface area contributed by atoms with Gasteiger partial charge in [0.2, 0.25) is 0 Å². The molecule has 1 saturated carbocycles. The smallest absolute Gasteiger partial charge is 0.274 e. The maximum absolute atomic E-state index is 12.3. The molecule has 2 heterocycles. The van der Waals surface area contributed by atoms with Crippen molar-refractivity contribution in [1.29, 1.82) is 0 Å². The van der Waals surface area contributed by atoms with Gasteiger partial charge in [0.15, 0.2) is 0 Å². The topological polar surface area (TPSA) is 50.2 Å². The van der Waals surface area contributed by atoms with E-state index in [9.17, 15) is 4.79 Å². The molecule has 1 aromatic rings. The number of hydrogen-bond donors (Lipinski definition) is 1. The molecular weight excluding hydrogens is 264 g/mol. The van der Waals surface area contributed by atoms with E-state index < -0.39 is 0 Å². The first-order chi connectivity index (χ1) is 8.84. The molecule has 6 heteroatoms. The Labute approximate surface area is 119 Å². The molecule has 0 aromatic carbocycles. The predicted octanol–water partition coefficient (Wildman–Crippen LogP) is 1.47. The van der Waals surface area contributed by atoms with Gasteiger partial charge in [0.25, 0.3) is 5.91 Å². The van der Waals surface area contributed by atoms with E-state index >= 15 is 0 Å². The Morgan fingerprint density at radius 3 is 2.63 bits per heavy atom. The largest absolute Gasteiger partial charge is 0.335 e. The van der Waals surface area contributed by atoms with E-state index in [0.717, 1.165) is 26.2 Å². The first-order valence-electron chi connectivity index (χ1n) is 6.90. The fraction of sp³-hybridized carbons (Fsp3) is 0.692. The van der Waals surface area contributed by atoms with Crippen LogP contribution in [0.4, 0.5) is 0 Å². The van der Waals surface area contributed by atoms with Gasteiger partial charge in [-0.15, -0.1) is 12.4 Å². The molecule has 0 bridgehead atoms. The minimum Gasteiger partial charge on any atom is -0.335 e. The van der Waals surface area contributed by atoms with E-state index in [1.165, 1.54) is 25.7 Å². The first-order valence-corrected chi connectivity index (χ1v) is 6.90. The van der Waals surface area contributed by atoms with Crippen LogP contribution in [0.25, 0.3) is 0 Å². The van der Waals surface area contributed by atoms with Gasteiger partial charge in [-0.25, -0.2) is 0 Å². The molecule has 1 aliphatic carbocycles. The zero-order valence-corrected chi connectivity index (χ0v) is 11.9.